The fourth-order valence-corrected chi connectivity index (χ4v) is 5.53. The number of nitrogens with one attached hydrogen (secondary N) is 1. The van der Waals surface area contributed by atoms with E-state index in [0.29, 0.717) is 5.69 Å². The monoisotopic (exact) mass is 434 g/mol. The van der Waals surface area contributed by atoms with Crippen LogP contribution < -0.4 is 5.32 Å². The highest BCUT2D eigenvalue weighted by Crippen LogP contribution is 2.61. The predicted molar refractivity (Wildman–Crippen MR) is 118 cm³/mol. The van der Waals surface area contributed by atoms with E-state index in [-0.39, 0.29) is 23.0 Å². The van der Waals surface area contributed by atoms with E-state index < -0.39 is 28.8 Å². The largest absolute Gasteiger partial charge is 0.368 e. The molecule has 0 saturated carbocycles. The van der Waals surface area contributed by atoms with Crippen molar-refractivity contribution in [1.29, 1.82) is 0 Å². The second kappa shape index (κ2) is 7.48. The van der Waals surface area contributed by atoms with E-state index in [1.807, 2.05) is 19.1 Å². The molecule has 32 heavy (non-hydrogen) atoms. The van der Waals surface area contributed by atoms with Crippen molar-refractivity contribution in [2.24, 2.45) is 5.92 Å². The molecule has 3 aromatic rings. The van der Waals surface area contributed by atoms with Gasteiger partial charge in [0.05, 0.1) is 17.1 Å². The normalized spacial score (nSPS) is 28.6. The minimum atomic E-state index is -0.599. The van der Waals surface area contributed by atoms with Gasteiger partial charge in [-0.05, 0) is 68.7 Å². The molecule has 2 bridgehead atoms. The quantitative estimate of drug-likeness (QED) is 0.573. The Hall–Kier alpha value is -3.12. The Morgan fingerprint density at radius 2 is 1.66 bits per heavy atom. The highest BCUT2D eigenvalue weighted by Gasteiger charge is 2.65. The number of anilines is 1. The van der Waals surface area contributed by atoms with Crippen molar-refractivity contribution in [3.63, 3.8) is 0 Å². The summed E-state index contributed by atoms with van der Waals surface area (Å²) in [6.07, 6.45) is 5.09. The lowest BCUT2D eigenvalue weighted by Gasteiger charge is -2.35. The molecule has 1 aromatic heterocycles. The first-order valence-corrected chi connectivity index (χ1v) is 10.8. The highest BCUT2D eigenvalue weighted by molar-refractivity contribution is 5.95. The molecule has 5 rings (SSSR count). The minimum Gasteiger partial charge on any atom is -0.368 e. The Morgan fingerprint density at radius 3 is 2.38 bits per heavy atom. The molecule has 1 N–H and O–H groups in total. The number of aromatic nitrogens is 1. The number of pyridine rings is 1. The van der Waals surface area contributed by atoms with Gasteiger partial charge in [-0.15, -0.1) is 0 Å². The summed E-state index contributed by atoms with van der Waals surface area (Å²) < 4.78 is 35.3. The van der Waals surface area contributed by atoms with E-state index in [4.69, 9.17) is 4.74 Å². The summed E-state index contributed by atoms with van der Waals surface area (Å²) in [7, 11) is 0. The van der Waals surface area contributed by atoms with Crippen LogP contribution in [0.4, 0.5) is 14.5 Å². The molecule has 0 aliphatic carbocycles. The Balaban J connectivity index is 1.44. The Morgan fingerprint density at radius 1 is 0.969 bits per heavy atom. The van der Waals surface area contributed by atoms with Crippen LogP contribution in [0.15, 0.2) is 67.0 Å². The van der Waals surface area contributed by atoms with E-state index in [0.717, 1.165) is 18.4 Å². The van der Waals surface area contributed by atoms with Crippen molar-refractivity contribution in [3.8, 4) is 11.1 Å². The third-order valence-electron chi connectivity index (χ3n) is 6.98. The minimum absolute atomic E-state index is 0.133. The number of halogens is 2. The molecule has 1 amide bonds. The van der Waals surface area contributed by atoms with E-state index in [9.17, 15) is 13.6 Å². The Labute approximate surface area is 185 Å². The van der Waals surface area contributed by atoms with E-state index in [2.05, 4.69) is 17.2 Å². The zero-order valence-corrected chi connectivity index (χ0v) is 17.9. The molecular weight excluding hydrogens is 410 g/mol. The van der Waals surface area contributed by atoms with Gasteiger partial charge in [0.15, 0.2) is 0 Å². The molecule has 4 atom stereocenters. The average Bonchev–Trinajstić information content (AvgIpc) is 3.21. The first-order chi connectivity index (χ1) is 15.3. The van der Waals surface area contributed by atoms with E-state index in [1.165, 1.54) is 24.3 Å². The number of carbonyl (C=O) groups is 1. The van der Waals surface area contributed by atoms with E-state index >= 15 is 0 Å². The van der Waals surface area contributed by atoms with Gasteiger partial charge in [0.25, 0.3) is 0 Å². The summed E-state index contributed by atoms with van der Waals surface area (Å²) in [5, 5.41) is 2.88. The van der Waals surface area contributed by atoms with Crippen LogP contribution in [0, 0.1) is 17.6 Å². The highest BCUT2D eigenvalue weighted by atomic mass is 19.1. The molecule has 2 aliphatic rings. The van der Waals surface area contributed by atoms with Crippen LogP contribution in [0.1, 0.15) is 38.2 Å². The molecule has 164 valence electrons. The van der Waals surface area contributed by atoms with Gasteiger partial charge < -0.3 is 10.1 Å². The van der Waals surface area contributed by atoms with Crippen molar-refractivity contribution >= 4 is 11.6 Å². The number of benzene rings is 2. The molecule has 6 heteroatoms. The van der Waals surface area contributed by atoms with Gasteiger partial charge in [0, 0.05) is 35.1 Å². The van der Waals surface area contributed by atoms with Gasteiger partial charge in [0.2, 0.25) is 5.91 Å². The van der Waals surface area contributed by atoms with Gasteiger partial charge in [0.1, 0.15) is 11.6 Å². The van der Waals surface area contributed by atoms with Crippen LogP contribution in [0.25, 0.3) is 11.1 Å². The topological polar surface area (TPSA) is 51.2 Å². The van der Waals surface area contributed by atoms with Gasteiger partial charge >= 0.3 is 0 Å². The zero-order valence-electron chi connectivity index (χ0n) is 17.9. The number of carbonyl (C=O) groups excluding carboxylic acids is 1. The van der Waals surface area contributed by atoms with Crippen LogP contribution in [0.2, 0.25) is 0 Å². The number of amides is 1. The molecule has 4 unspecified atom stereocenters. The summed E-state index contributed by atoms with van der Waals surface area (Å²) in [4.78, 5) is 17.6. The molecule has 2 aliphatic heterocycles. The average molecular weight is 434 g/mol. The van der Waals surface area contributed by atoms with Crippen LogP contribution in [0.5, 0.6) is 0 Å². The van der Waals surface area contributed by atoms with Crippen molar-refractivity contribution in [3.05, 3.63) is 84.2 Å². The van der Waals surface area contributed by atoms with Gasteiger partial charge in [-0.1, -0.05) is 18.2 Å². The van der Waals surface area contributed by atoms with Gasteiger partial charge in [-0.25, -0.2) is 8.78 Å². The first-order valence-electron chi connectivity index (χ1n) is 10.8. The van der Waals surface area contributed by atoms with Crippen LogP contribution in [0.3, 0.4) is 0 Å². The zero-order chi connectivity index (χ0) is 22.5. The van der Waals surface area contributed by atoms with Crippen LogP contribution in [-0.2, 0) is 9.53 Å². The Bertz CT molecular complexity index is 1190. The maximum absolute atomic E-state index is 14.8. The number of hydrogen-bond acceptors (Lipinski definition) is 3. The number of fused-ring (bicyclic) bond motifs is 2. The fourth-order valence-electron chi connectivity index (χ4n) is 5.53. The molecule has 0 radical (unpaired) electrons. The number of ether oxygens (including phenoxy) is 1. The summed E-state index contributed by atoms with van der Waals surface area (Å²) in [5.41, 5.74) is 0.627. The third kappa shape index (κ3) is 3.30. The summed E-state index contributed by atoms with van der Waals surface area (Å²) in [5.74, 6) is -1.87. The predicted octanol–water partition coefficient (Wildman–Crippen LogP) is 5.71. The van der Waals surface area contributed by atoms with Gasteiger partial charge in [-0.2, -0.15) is 0 Å². The standard InChI is InChI=1S/C26H24F2N2O2/c1-25-11-12-26(2,32-25)23(22(25)16-9-13-29-14-10-16)24(31)30-17-7-8-19(21(28)15-17)18-5-3-4-6-20(18)27/h3-10,13-15,22-23H,11-12H2,1-2H3,(H,30,31). The summed E-state index contributed by atoms with van der Waals surface area (Å²) >= 11 is 0. The molecule has 2 saturated heterocycles. The summed E-state index contributed by atoms with van der Waals surface area (Å²) in [6.45, 7) is 4.03. The Kier molecular flexibility index (Phi) is 4.86. The molecular formula is C26H24F2N2O2. The van der Waals surface area contributed by atoms with Crippen LogP contribution in [-0.4, -0.2) is 22.1 Å². The molecule has 0 spiro atoms. The lowest BCUT2D eigenvalue weighted by atomic mass is 9.65. The van der Waals surface area contributed by atoms with E-state index in [1.54, 1.807) is 30.6 Å². The first kappa shape index (κ1) is 20.8. The maximum Gasteiger partial charge on any atom is 0.231 e. The number of rotatable bonds is 4. The number of hydrogen-bond donors (Lipinski definition) is 1. The second-order valence-corrected chi connectivity index (χ2v) is 9.13. The van der Waals surface area contributed by atoms with Crippen molar-refractivity contribution in [2.45, 2.75) is 43.8 Å². The SMILES string of the molecule is CC12CCC(C)(O1)C(c1ccncc1)C2C(=O)Nc1ccc(-c2ccccc2F)c(F)c1. The molecule has 3 heterocycles. The molecule has 2 aromatic carbocycles. The second-order valence-electron chi connectivity index (χ2n) is 9.13. The van der Waals surface area contributed by atoms with Crippen LogP contribution >= 0.6 is 0 Å². The lowest BCUT2D eigenvalue weighted by molar-refractivity contribution is -0.125. The smallest absolute Gasteiger partial charge is 0.231 e. The molecule has 4 nitrogen and oxygen atoms in total. The lowest BCUT2D eigenvalue weighted by Crippen LogP contribution is -2.44. The van der Waals surface area contributed by atoms with Crippen molar-refractivity contribution < 1.29 is 18.3 Å². The molecule has 2 fully saturated rings. The maximum atomic E-state index is 14.8. The van der Waals surface area contributed by atoms with Gasteiger partial charge in [-0.3, -0.25) is 9.78 Å². The van der Waals surface area contributed by atoms with Crippen molar-refractivity contribution in [2.75, 3.05) is 5.32 Å². The number of nitrogens with zero attached hydrogens (tertiary/aromatic N) is 1. The fraction of sp³-hybridized carbons (Fsp3) is 0.308. The summed E-state index contributed by atoms with van der Waals surface area (Å²) in [6, 6.07) is 14.2. The van der Waals surface area contributed by atoms with Crippen molar-refractivity contribution in [1.82, 2.24) is 4.98 Å². The third-order valence-corrected chi connectivity index (χ3v) is 6.98.